The number of aryl methyl sites for hydroxylation is 1. The number of methoxy groups -OCH3 is 1. The van der Waals surface area contributed by atoms with Crippen molar-refractivity contribution in [3.05, 3.63) is 29.3 Å². The number of benzene rings is 1. The summed E-state index contributed by atoms with van der Waals surface area (Å²) in [6.07, 6.45) is 4.37. The van der Waals surface area contributed by atoms with Crippen molar-refractivity contribution in [2.45, 2.75) is 25.8 Å². The first-order valence-corrected chi connectivity index (χ1v) is 7.40. The van der Waals surface area contributed by atoms with Crippen LogP contribution in [0, 0.1) is 6.92 Å². The minimum absolute atomic E-state index is 0.526. The van der Waals surface area contributed by atoms with E-state index in [2.05, 4.69) is 36.7 Å². The summed E-state index contributed by atoms with van der Waals surface area (Å²) in [6, 6.07) is 6.91. The van der Waals surface area contributed by atoms with Gasteiger partial charge in [-0.1, -0.05) is 17.7 Å². The molecule has 0 saturated heterocycles. The Bertz CT molecular complexity index is 341. The van der Waals surface area contributed by atoms with E-state index in [1.165, 1.54) is 23.3 Å². The molecule has 0 aliphatic heterocycles. The standard InChI is InChI=1S/C14H23NOS/c1-11-5-6-14(16-3)12(9-11)10-13(15-2)7-8-17-4/h5-6,9,13,15H,7-8,10H2,1-4H3. The molecule has 0 heterocycles. The minimum Gasteiger partial charge on any atom is -0.496 e. The zero-order chi connectivity index (χ0) is 12.7. The molecule has 1 unspecified atom stereocenters. The summed E-state index contributed by atoms with van der Waals surface area (Å²) in [5, 5.41) is 3.39. The summed E-state index contributed by atoms with van der Waals surface area (Å²) in [6.45, 7) is 2.12. The molecule has 96 valence electrons. The number of hydrogen-bond donors (Lipinski definition) is 1. The molecule has 2 nitrogen and oxygen atoms in total. The van der Waals surface area contributed by atoms with E-state index in [0.717, 1.165) is 12.2 Å². The molecule has 0 radical (unpaired) electrons. The summed E-state index contributed by atoms with van der Waals surface area (Å²) >= 11 is 1.90. The highest BCUT2D eigenvalue weighted by molar-refractivity contribution is 7.98. The maximum Gasteiger partial charge on any atom is 0.122 e. The highest BCUT2D eigenvalue weighted by Crippen LogP contribution is 2.22. The summed E-state index contributed by atoms with van der Waals surface area (Å²) < 4.78 is 5.42. The Hall–Kier alpha value is -0.670. The van der Waals surface area contributed by atoms with Crippen LogP contribution < -0.4 is 10.1 Å². The Balaban J connectivity index is 2.73. The van der Waals surface area contributed by atoms with Crippen LogP contribution in [0.4, 0.5) is 0 Å². The molecule has 1 N–H and O–H groups in total. The van der Waals surface area contributed by atoms with E-state index in [1.807, 2.05) is 18.8 Å². The van der Waals surface area contributed by atoms with Gasteiger partial charge >= 0.3 is 0 Å². The second-order valence-corrected chi connectivity index (χ2v) is 5.27. The fraction of sp³-hybridized carbons (Fsp3) is 0.571. The number of rotatable bonds is 7. The molecule has 0 aliphatic carbocycles. The fourth-order valence-electron chi connectivity index (χ4n) is 1.94. The normalized spacial score (nSPS) is 12.5. The van der Waals surface area contributed by atoms with Crippen LogP contribution in [0.3, 0.4) is 0 Å². The molecule has 0 fully saturated rings. The van der Waals surface area contributed by atoms with Crippen molar-refractivity contribution < 1.29 is 4.74 Å². The van der Waals surface area contributed by atoms with E-state index < -0.39 is 0 Å². The van der Waals surface area contributed by atoms with Gasteiger partial charge in [-0.2, -0.15) is 11.8 Å². The van der Waals surface area contributed by atoms with E-state index in [4.69, 9.17) is 4.74 Å². The molecular weight excluding hydrogens is 230 g/mol. The van der Waals surface area contributed by atoms with Crippen molar-refractivity contribution in [3.63, 3.8) is 0 Å². The van der Waals surface area contributed by atoms with E-state index in [-0.39, 0.29) is 0 Å². The van der Waals surface area contributed by atoms with E-state index in [0.29, 0.717) is 6.04 Å². The average molecular weight is 253 g/mol. The largest absolute Gasteiger partial charge is 0.496 e. The molecular formula is C14H23NOS. The smallest absolute Gasteiger partial charge is 0.122 e. The van der Waals surface area contributed by atoms with Gasteiger partial charge in [0.1, 0.15) is 5.75 Å². The number of ether oxygens (including phenoxy) is 1. The summed E-state index contributed by atoms with van der Waals surface area (Å²) in [5.74, 6) is 2.19. The second kappa shape index (κ2) is 7.62. The van der Waals surface area contributed by atoms with Crippen molar-refractivity contribution >= 4 is 11.8 Å². The first-order chi connectivity index (χ1) is 8.21. The first-order valence-electron chi connectivity index (χ1n) is 6.01. The predicted octanol–water partition coefficient (Wildman–Crippen LogP) is 2.89. The first kappa shape index (κ1) is 14.4. The lowest BCUT2D eigenvalue weighted by molar-refractivity contribution is 0.405. The van der Waals surface area contributed by atoms with Crippen LogP contribution in [-0.2, 0) is 6.42 Å². The third-order valence-corrected chi connectivity index (χ3v) is 3.62. The van der Waals surface area contributed by atoms with Gasteiger partial charge in [0.05, 0.1) is 7.11 Å². The lowest BCUT2D eigenvalue weighted by atomic mass is 10.0. The lowest BCUT2D eigenvalue weighted by Gasteiger charge is -2.18. The third kappa shape index (κ3) is 4.60. The summed E-state index contributed by atoms with van der Waals surface area (Å²) in [5.41, 5.74) is 2.59. The molecule has 1 atom stereocenters. The highest BCUT2D eigenvalue weighted by atomic mass is 32.2. The van der Waals surface area contributed by atoms with Gasteiger partial charge in [-0.05, 0) is 50.5 Å². The summed E-state index contributed by atoms with van der Waals surface area (Å²) in [7, 11) is 3.78. The Morgan fingerprint density at radius 3 is 2.76 bits per heavy atom. The van der Waals surface area contributed by atoms with Gasteiger partial charge in [0.15, 0.2) is 0 Å². The zero-order valence-corrected chi connectivity index (χ0v) is 12.1. The molecule has 1 aromatic carbocycles. The quantitative estimate of drug-likeness (QED) is 0.807. The molecule has 3 heteroatoms. The number of thioether (sulfide) groups is 1. The van der Waals surface area contributed by atoms with Gasteiger partial charge in [-0.15, -0.1) is 0 Å². The van der Waals surface area contributed by atoms with Crippen LogP contribution in [0.25, 0.3) is 0 Å². The van der Waals surface area contributed by atoms with Crippen molar-refractivity contribution in [3.8, 4) is 5.75 Å². The Labute approximate surface area is 109 Å². The van der Waals surface area contributed by atoms with Crippen LogP contribution in [-0.4, -0.2) is 32.2 Å². The molecule has 1 aromatic rings. The SMILES string of the molecule is CNC(CCSC)Cc1cc(C)ccc1OC. The van der Waals surface area contributed by atoms with Crippen molar-refractivity contribution in [1.29, 1.82) is 0 Å². The second-order valence-electron chi connectivity index (χ2n) is 4.29. The van der Waals surface area contributed by atoms with E-state index in [9.17, 15) is 0 Å². The third-order valence-electron chi connectivity index (χ3n) is 2.98. The number of nitrogens with one attached hydrogen (secondary N) is 1. The van der Waals surface area contributed by atoms with Gasteiger partial charge in [0.2, 0.25) is 0 Å². The van der Waals surface area contributed by atoms with Gasteiger partial charge in [-0.25, -0.2) is 0 Å². The Morgan fingerprint density at radius 1 is 1.41 bits per heavy atom. The maximum atomic E-state index is 5.42. The molecule has 1 rings (SSSR count). The number of likely N-dealkylation sites (N-methyl/N-ethyl adjacent to an activating group) is 1. The Kier molecular flexibility index (Phi) is 6.45. The minimum atomic E-state index is 0.526. The van der Waals surface area contributed by atoms with Crippen molar-refractivity contribution in [2.75, 3.05) is 26.2 Å². The van der Waals surface area contributed by atoms with Crippen LogP contribution in [0.1, 0.15) is 17.5 Å². The van der Waals surface area contributed by atoms with Crippen molar-refractivity contribution in [1.82, 2.24) is 5.32 Å². The van der Waals surface area contributed by atoms with Gasteiger partial charge in [-0.3, -0.25) is 0 Å². The zero-order valence-electron chi connectivity index (χ0n) is 11.2. The number of hydrogen-bond acceptors (Lipinski definition) is 3. The van der Waals surface area contributed by atoms with Crippen LogP contribution >= 0.6 is 11.8 Å². The average Bonchev–Trinajstić information content (AvgIpc) is 2.34. The molecule has 0 spiro atoms. The molecule has 0 aromatic heterocycles. The van der Waals surface area contributed by atoms with E-state index >= 15 is 0 Å². The molecule has 0 saturated carbocycles. The molecule has 0 aliphatic rings. The van der Waals surface area contributed by atoms with Gasteiger partial charge < -0.3 is 10.1 Å². The summed E-state index contributed by atoms with van der Waals surface area (Å²) in [4.78, 5) is 0. The molecule has 17 heavy (non-hydrogen) atoms. The monoisotopic (exact) mass is 253 g/mol. The maximum absolute atomic E-state index is 5.42. The van der Waals surface area contributed by atoms with Crippen LogP contribution in [0.2, 0.25) is 0 Å². The predicted molar refractivity (Wildman–Crippen MR) is 77.3 cm³/mol. The fourth-order valence-corrected chi connectivity index (χ4v) is 2.46. The van der Waals surface area contributed by atoms with Gasteiger partial charge in [0, 0.05) is 6.04 Å². The lowest BCUT2D eigenvalue weighted by Crippen LogP contribution is -2.28. The van der Waals surface area contributed by atoms with Crippen LogP contribution in [0.15, 0.2) is 18.2 Å². The van der Waals surface area contributed by atoms with E-state index in [1.54, 1.807) is 7.11 Å². The topological polar surface area (TPSA) is 21.3 Å². The molecule has 0 bridgehead atoms. The van der Waals surface area contributed by atoms with Crippen LogP contribution in [0.5, 0.6) is 5.75 Å². The Morgan fingerprint density at radius 2 is 2.18 bits per heavy atom. The van der Waals surface area contributed by atoms with Crippen molar-refractivity contribution in [2.24, 2.45) is 0 Å². The highest BCUT2D eigenvalue weighted by Gasteiger charge is 2.10. The molecule has 0 amide bonds. The van der Waals surface area contributed by atoms with Gasteiger partial charge in [0.25, 0.3) is 0 Å².